The minimum absolute atomic E-state index is 0.328. The summed E-state index contributed by atoms with van der Waals surface area (Å²) in [4.78, 5) is 35.0. The summed E-state index contributed by atoms with van der Waals surface area (Å²) in [5.74, 6) is -2.26. The number of carbonyl (C=O) groups excluding carboxylic acids is 3. The van der Waals surface area contributed by atoms with Gasteiger partial charge in [0.05, 0.1) is 11.9 Å². The first-order valence-corrected chi connectivity index (χ1v) is 9.61. The van der Waals surface area contributed by atoms with Crippen molar-refractivity contribution in [3.8, 4) is 0 Å². The molecular weight excluding hydrogens is 362 g/mol. The second-order valence-electron chi connectivity index (χ2n) is 6.06. The van der Waals surface area contributed by atoms with Gasteiger partial charge in [-0.25, -0.2) is 13.2 Å². The molecule has 0 fully saturated rings. The van der Waals surface area contributed by atoms with Crippen molar-refractivity contribution in [2.45, 2.75) is 26.9 Å². The van der Waals surface area contributed by atoms with Gasteiger partial charge in [0.2, 0.25) is 10.0 Å². The maximum atomic E-state index is 12.3. The average Bonchev–Trinajstić information content (AvgIpc) is 2.49. The van der Waals surface area contributed by atoms with Crippen molar-refractivity contribution in [3.63, 3.8) is 0 Å². The summed E-state index contributed by atoms with van der Waals surface area (Å²) >= 11 is 0. The summed E-state index contributed by atoms with van der Waals surface area (Å²) in [6.07, 6.45) is -0.319. The van der Waals surface area contributed by atoms with Crippen molar-refractivity contribution < 1.29 is 27.5 Å². The molecule has 10 heteroatoms. The van der Waals surface area contributed by atoms with Crippen LogP contribution in [0.2, 0.25) is 0 Å². The second kappa shape index (κ2) is 8.65. The molecule has 1 aromatic rings. The Morgan fingerprint density at radius 1 is 1.23 bits per heavy atom. The molecule has 1 aromatic carbocycles. The molecule has 3 N–H and O–H groups in total. The van der Waals surface area contributed by atoms with Crippen LogP contribution in [-0.2, 0) is 24.3 Å². The first kappa shape index (κ1) is 21.4. The molecule has 26 heavy (non-hydrogen) atoms. The highest BCUT2D eigenvalue weighted by Gasteiger charge is 2.30. The molecule has 0 radical (unpaired) electrons. The van der Waals surface area contributed by atoms with Gasteiger partial charge in [-0.05, 0) is 24.5 Å². The van der Waals surface area contributed by atoms with Crippen LogP contribution >= 0.6 is 0 Å². The lowest BCUT2D eigenvalue weighted by molar-refractivity contribution is -0.156. The van der Waals surface area contributed by atoms with E-state index in [0.29, 0.717) is 11.3 Å². The van der Waals surface area contributed by atoms with Crippen LogP contribution in [-0.4, -0.2) is 45.2 Å². The minimum atomic E-state index is -3.77. The second-order valence-corrected chi connectivity index (χ2v) is 7.97. The number of nitrogens with zero attached hydrogens (tertiary/aromatic N) is 1. The largest absolute Gasteiger partial charge is 0.451 e. The van der Waals surface area contributed by atoms with Gasteiger partial charge in [0.1, 0.15) is 6.54 Å². The van der Waals surface area contributed by atoms with Gasteiger partial charge in [-0.3, -0.25) is 19.2 Å². The predicted molar refractivity (Wildman–Crippen MR) is 95.8 cm³/mol. The molecule has 0 unspecified atom stereocenters. The number of urea groups is 1. The van der Waals surface area contributed by atoms with E-state index >= 15 is 0 Å². The summed E-state index contributed by atoms with van der Waals surface area (Å²) in [7, 11) is -3.77. The van der Waals surface area contributed by atoms with Gasteiger partial charge < -0.3 is 10.5 Å². The summed E-state index contributed by atoms with van der Waals surface area (Å²) in [6.45, 7) is 4.30. The lowest BCUT2D eigenvalue weighted by Crippen LogP contribution is -2.47. The van der Waals surface area contributed by atoms with Crippen molar-refractivity contribution >= 4 is 33.6 Å². The number of hydrogen-bond acceptors (Lipinski definition) is 6. The van der Waals surface area contributed by atoms with Crippen LogP contribution in [0.4, 0.5) is 10.5 Å². The number of anilines is 1. The molecule has 144 valence electrons. The molecule has 0 spiro atoms. The van der Waals surface area contributed by atoms with Gasteiger partial charge in [-0.1, -0.05) is 32.0 Å². The molecular formula is C16H23N3O6S. The lowest BCUT2D eigenvalue weighted by atomic mass is 10.1. The number of hydrogen-bond donors (Lipinski definition) is 2. The van der Waals surface area contributed by atoms with Gasteiger partial charge in [0, 0.05) is 0 Å². The smallest absolute Gasteiger partial charge is 0.327 e. The van der Waals surface area contributed by atoms with Crippen LogP contribution in [0.3, 0.4) is 0 Å². The topological polar surface area (TPSA) is 136 Å². The molecule has 1 atom stereocenters. The summed E-state index contributed by atoms with van der Waals surface area (Å²) < 4.78 is 30.2. The lowest BCUT2D eigenvalue weighted by Gasteiger charge is -2.25. The first-order valence-electron chi connectivity index (χ1n) is 7.76. The fraction of sp³-hybridized carbons (Fsp3) is 0.438. The number of benzene rings is 1. The Hall–Kier alpha value is -2.62. The third-order valence-electron chi connectivity index (χ3n) is 3.43. The molecule has 0 aliphatic carbocycles. The Bertz CT molecular complexity index is 791. The number of sulfonamides is 1. The van der Waals surface area contributed by atoms with Gasteiger partial charge in [-0.15, -0.1) is 0 Å². The highest BCUT2D eigenvalue weighted by molar-refractivity contribution is 7.92. The highest BCUT2D eigenvalue weighted by atomic mass is 32.2. The Labute approximate surface area is 152 Å². The van der Waals surface area contributed by atoms with Crippen LogP contribution in [0.1, 0.15) is 19.4 Å². The van der Waals surface area contributed by atoms with Crippen molar-refractivity contribution in [1.29, 1.82) is 0 Å². The number of primary amides is 1. The monoisotopic (exact) mass is 385 g/mol. The van der Waals surface area contributed by atoms with E-state index in [4.69, 9.17) is 10.5 Å². The molecule has 0 aliphatic rings. The molecule has 0 saturated heterocycles. The van der Waals surface area contributed by atoms with Gasteiger partial charge in [0.15, 0.2) is 6.10 Å². The van der Waals surface area contributed by atoms with Gasteiger partial charge >= 0.3 is 12.0 Å². The maximum Gasteiger partial charge on any atom is 0.327 e. The number of amides is 3. The Morgan fingerprint density at radius 3 is 2.27 bits per heavy atom. The number of ether oxygens (including phenoxy) is 1. The quantitative estimate of drug-likeness (QED) is 0.657. The minimum Gasteiger partial charge on any atom is -0.451 e. The maximum absolute atomic E-state index is 12.3. The Morgan fingerprint density at radius 2 is 1.81 bits per heavy atom. The number of aryl methyl sites for hydroxylation is 1. The molecule has 0 saturated carbocycles. The third-order valence-corrected chi connectivity index (χ3v) is 4.55. The summed E-state index contributed by atoms with van der Waals surface area (Å²) in [5, 5.41) is 1.84. The number of para-hydroxylation sites is 1. The normalized spacial score (nSPS) is 12.3. The van der Waals surface area contributed by atoms with Gasteiger partial charge in [0.25, 0.3) is 5.91 Å². The van der Waals surface area contributed by atoms with Crippen LogP contribution < -0.4 is 15.4 Å². The zero-order valence-corrected chi connectivity index (χ0v) is 15.9. The molecule has 1 rings (SSSR count). The van der Waals surface area contributed by atoms with Crippen LogP contribution in [0.25, 0.3) is 0 Å². The van der Waals surface area contributed by atoms with E-state index in [2.05, 4.69) is 0 Å². The number of carbonyl (C=O) groups is 3. The fourth-order valence-corrected chi connectivity index (χ4v) is 3.11. The van der Waals surface area contributed by atoms with Crippen LogP contribution in [0, 0.1) is 12.8 Å². The number of nitrogens with one attached hydrogen (secondary N) is 1. The van der Waals surface area contributed by atoms with E-state index in [9.17, 15) is 22.8 Å². The number of esters is 1. The van der Waals surface area contributed by atoms with E-state index in [1.807, 2.05) is 5.32 Å². The number of imide groups is 1. The van der Waals surface area contributed by atoms with E-state index in [0.717, 1.165) is 10.6 Å². The first-order chi connectivity index (χ1) is 11.9. The predicted octanol–water partition coefficient (Wildman–Crippen LogP) is 0.524. The summed E-state index contributed by atoms with van der Waals surface area (Å²) in [6, 6.07) is 5.57. The molecule has 0 aromatic heterocycles. The highest BCUT2D eigenvalue weighted by Crippen LogP contribution is 2.22. The van der Waals surface area contributed by atoms with Crippen LogP contribution in [0.5, 0.6) is 0 Å². The molecule has 0 aliphatic heterocycles. The zero-order valence-electron chi connectivity index (χ0n) is 15.1. The standard InChI is InChI=1S/C16H23N3O6S/c1-10(2)14(15(21)18-16(17)22)25-13(20)9-19(26(4,23)24)12-8-6-5-7-11(12)3/h5-8,10,14H,9H2,1-4H3,(H3,17,18,21,22)/t14-/m0/s1. The third kappa shape index (κ3) is 6.03. The van der Waals surface area contributed by atoms with Crippen molar-refractivity contribution in [2.75, 3.05) is 17.1 Å². The van der Waals surface area contributed by atoms with Gasteiger partial charge in [-0.2, -0.15) is 0 Å². The van der Waals surface area contributed by atoms with Crippen LogP contribution in [0.15, 0.2) is 24.3 Å². The molecule has 9 nitrogen and oxygen atoms in total. The van der Waals surface area contributed by atoms with E-state index in [-0.39, 0.29) is 0 Å². The van der Waals surface area contributed by atoms with Crippen molar-refractivity contribution in [3.05, 3.63) is 29.8 Å². The molecule has 0 heterocycles. The fourth-order valence-electron chi connectivity index (χ4n) is 2.21. The zero-order chi connectivity index (χ0) is 20.1. The summed E-state index contributed by atoms with van der Waals surface area (Å²) in [5.41, 5.74) is 5.87. The van der Waals surface area contributed by atoms with Crippen molar-refractivity contribution in [1.82, 2.24) is 5.32 Å². The number of rotatable bonds is 7. The van der Waals surface area contributed by atoms with E-state index in [1.54, 1.807) is 45.0 Å². The van der Waals surface area contributed by atoms with Crippen molar-refractivity contribution in [2.24, 2.45) is 11.7 Å². The molecule has 3 amide bonds. The Balaban J connectivity index is 3.01. The van der Waals surface area contributed by atoms with E-state index < -0.39 is 46.5 Å². The SMILES string of the molecule is Cc1ccccc1N(CC(=O)O[C@H](C(=O)NC(N)=O)C(C)C)S(C)(=O)=O. The molecule has 0 bridgehead atoms. The average molecular weight is 385 g/mol. The Kier molecular flexibility index (Phi) is 7.13. The van der Waals surface area contributed by atoms with E-state index in [1.165, 1.54) is 0 Å². The number of nitrogens with two attached hydrogens (primary N) is 1.